The summed E-state index contributed by atoms with van der Waals surface area (Å²) >= 11 is 0. The Kier molecular flexibility index (Phi) is 19.4. The summed E-state index contributed by atoms with van der Waals surface area (Å²) in [5.74, 6) is -0.161. The van der Waals surface area contributed by atoms with Crippen molar-refractivity contribution in [3.63, 3.8) is 0 Å². The monoisotopic (exact) mass is 509 g/mol. The summed E-state index contributed by atoms with van der Waals surface area (Å²) in [6.07, 6.45) is 13.2. The molecule has 3 atom stereocenters. The third-order valence-corrected chi connectivity index (χ3v) is 6.84. The van der Waals surface area contributed by atoms with Crippen molar-refractivity contribution in [2.75, 3.05) is 40.9 Å². The van der Waals surface area contributed by atoms with Crippen LogP contribution in [0, 0.1) is 0 Å². The molecule has 9 heteroatoms. The Bertz CT molecular complexity index is 556. The number of rotatable bonds is 23. The minimum Gasteiger partial charge on any atom is -0.391 e. The van der Waals surface area contributed by atoms with E-state index in [-0.39, 0.29) is 19.1 Å². The van der Waals surface area contributed by atoms with Gasteiger partial charge in [0.15, 0.2) is 0 Å². The van der Waals surface area contributed by atoms with Crippen LogP contribution in [0.15, 0.2) is 0 Å². The van der Waals surface area contributed by atoms with E-state index >= 15 is 0 Å². The number of carbonyl (C=O) groups excluding carboxylic acids is 1. The van der Waals surface area contributed by atoms with Gasteiger partial charge in [-0.1, -0.05) is 84.5 Å². The van der Waals surface area contributed by atoms with Gasteiger partial charge >= 0.3 is 7.82 Å². The quantitative estimate of drug-likeness (QED) is 0.0997. The number of likely N-dealkylation sites (N-methyl/N-ethyl adjacent to an activating group) is 1. The normalized spacial score (nSPS) is 15.6. The molecular formula is C25H54N2O6P+. The van der Waals surface area contributed by atoms with Crippen LogP contribution in [0.4, 0.5) is 0 Å². The largest absolute Gasteiger partial charge is 0.472 e. The van der Waals surface area contributed by atoms with Gasteiger partial charge in [-0.25, -0.2) is 4.57 Å². The van der Waals surface area contributed by atoms with Crippen LogP contribution in [-0.4, -0.2) is 73.4 Å². The summed E-state index contributed by atoms with van der Waals surface area (Å²) in [5, 5.41) is 13.5. The summed E-state index contributed by atoms with van der Waals surface area (Å²) in [6.45, 7) is 4.68. The van der Waals surface area contributed by atoms with Crippen molar-refractivity contribution in [3.8, 4) is 0 Å². The highest BCUT2D eigenvalue weighted by Gasteiger charge is 2.28. The highest BCUT2D eigenvalue weighted by molar-refractivity contribution is 7.47. The minimum atomic E-state index is -4.27. The van der Waals surface area contributed by atoms with Crippen molar-refractivity contribution in [1.29, 1.82) is 0 Å². The fourth-order valence-corrected chi connectivity index (χ4v) is 4.31. The fourth-order valence-electron chi connectivity index (χ4n) is 3.57. The van der Waals surface area contributed by atoms with Crippen LogP contribution in [0.5, 0.6) is 0 Å². The Morgan fingerprint density at radius 2 is 1.41 bits per heavy atom. The molecular weight excluding hydrogens is 455 g/mol. The summed E-state index contributed by atoms with van der Waals surface area (Å²) < 4.78 is 23.1. The van der Waals surface area contributed by atoms with E-state index in [2.05, 4.69) is 19.2 Å². The van der Waals surface area contributed by atoms with E-state index in [0.29, 0.717) is 23.9 Å². The second kappa shape index (κ2) is 19.7. The topological polar surface area (TPSA) is 105 Å². The molecule has 0 rings (SSSR count). The molecule has 0 aromatic heterocycles. The zero-order valence-corrected chi connectivity index (χ0v) is 23.5. The molecule has 0 saturated heterocycles. The predicted octanol–water partition coefficient (Wildman–Crippen LogP) is 5.17. The van der Waals surface area contributed by atoms with E-state index in [1.165, 1.54) is 32.1 Å². The molecule has 0 fully saturated rings. The highest BCUT2D eigenvalue weighted by atomic mass is 31.2. The van der Waals surface area contributed by atoms with Crippen LogP contribution in [0.3, 0.4) is 0 Å². The zero-order chi connectivity index (χ0) is 25.9. The Balaban J connectivity index is 4.57. The lowest BCUT2D eigenvalue weighted by Crippen LogP contribution is -2.46. The molecule has 3 N–H and O–H groups in total. The van der Waals surface area contributed by atoms with Crippen molar-refractivity contribution < 1.29 is 32.9 Å². The van der Waals surface area contributed by atoms with Gasteiger partial charge < -0.3 is 19.8 Å². The Morgan fingerprint density at radius 1 is 0.882 bits per heavy atom. The van der Waals surface area contributed by atoms with E-state index in [4.69, 9.17) is 9.05 Å². The lowest BCUT2D eigenvalue weighted by atomic mass is 10.0. The smallest absolute Gasteiger partial charge is 0.391 e. The Hall–Kier alpha value is -0.500. The SMILES string of the molecule is CCCCCCCCCCC(=O)NC(COP(=O)(O)OCC[N+](C)(C)C)C(O)CCCCCC. The van der Waals surface area contributed by atoms with Gasteiger partial charge in [-0.3, -0.25) is 13.8 Å². The molecule has 0 aliphatic carbocycles. The van der Waals surface area contributed by atoms with Gasteiger partial charge in [-0.05, 0) is 12.8 Å². The minimum absolute atomic E-state index is 0.0757. The van der Waals surface area contributed by atoms with Crippen molar-refractivity contribution in [2.24, 2.45) is 0 Å². The van der Waals surface area contributed by atoms with Crippen molar-refractivity contribution >= 4 is 13.7 Å². The summed E-state index contributed by atoms with van der Waals surface area (Å²) in [7, 11) is 1.61. The van der Waals surface area contributed by atoms with Crippen LogP contribution >= 0.6 is 7.82 Å². The number of aliphatic hydroxyl groups is 1. The van der Waals surface area contributed by atoms with Crippen molar-refractivity contribution in [3.05, 3.63) is 0 Å². The second-order valence-electron chi connectivity index (χ2n) is 10.4. The fraction of sp³-hybridized carbons (Fsp3) is 0.960. The molecule has 204 valence electrons. The molecule has 1 amide bonds. The Labute approximate surface area is 209 Å². The molecule has 0 aromatic carbocycles. The molecule has 3 unspecified atom stereocenters. The third-order valence-electron chi connectivity index (χ3n) is 5.86. The Morgan fingerprint density at radius 3 is 1.97 bits per heavy atom. The number of phosphoric ester groups is 1. The van der Waals surface area contributed by atoms with Gasteiger partial charge in [0.25, 0.3) is 0 Å². The van der Waals surface area contributed by atoms with E-state index in [9.17, 15) is 19.4 Å². The van der Waals surface area contributed by atoms with Gasteiger partial charge in [0, 0.05) is 6.42 Å². The number of nitrogens with one attached hydrogen (secondary N) is 1. The second-order valence-corrected chi connectivity index (χ2v) is 11.9. The molecule has 0 aliphatic rings. The molecule has 8 nitrogen and oxygen atoms in total. The number of nitrogens with zero attached hydrogens (tertiary/aromatic N) is 1. The lowest BCUT2D eigenvalue weighted by Gasteiger charge is -2.26. The van der Waals surface area contributed by atoms with Crippen LogP contribution in [0.25, 0.3) is 0 Å². The number of unbranched alkanes of at least 4 members (excludes halogenated alkanes) is 10. The zero-order valence-electron chi connectivity index (χ0n) is 22.6. The molecule has 0 heterocycles. The summed E-state index contributed by atoms with van der Waals surface area (Å²) in [5.41, 5.74) is 0. The maximum Gasteiger partial charge on any atom is 0.472 e. The number of amides is 1. The third kappa shape index (κ3) is 20.8. The maximum atomic E-state index is 12.5. The maximum absolute atomic E-state index is 12.5. The first-order chi connectivity index (χ1) is 16.0. The van der Waals surface area contributed by atoms with Gasteiger partial charge in [0.2, 0.25) is 5.91 Å². The number of hydrogen-bond donors (Lipinski definition) is 3. The number of carbonyl (C=O) groups is 1. The number of hydrogen-bond acceptors (Lipinski definition) is 5. The number of quaternary nitrogens is 1. The van der Waals surface area contributed by atoms with Crippen LogP contribution in [0.2, 0.25) is 0 Å². The summed E-state index contributed by atoms with van der Waals surface area (Å²) in [6, 6.07) is -0.745. The predicted molar refractivity (Wildman–Crippen MR) is 139 cm³/mol. The average Bonchev–Trinajstić information content (AvgIpc) is 2.74. The molecule has 0 radical (unpaired) electrons. The first-order valence-electron chi connectivity index (χ1n) is 13.4. The van der Waals surface area contributed by atoms with Gasteiger partial charge in [0.1, 0.15) is 13.2 Å². The van der Waals surface area contributed by atoms with E-state index < -0.39 is 20.0 Å². The number of aliphatic hydroxyl groups excluding tert-OH is 1. The van der Waals surface area contributed by atoms with Crippen molar-refractivity contribution in [1.82, 2.24) is 5.32 Å². The average molecular weight is 510 g/mol. The van der Waals surface area contributed by atoms with Gasteiger partial charge in [-0.2, -0.15) is 0 Å². The van der Waals surface area contributed by atoms with Crippen LogP contribution < -0.4 is 5.32 Å². The molecule has 0 aliphatic heterocycles. The first-order valence-corrected chi connectivity index (χ1v) is 14.9. The molecule has 0 bridgehead atoms. The van der Waals surface area contributed by atoms with E-state index in [0.717, 1.165) is 44.9 Å². The van der Waals surface area contributed by atoms with Gasteiger partial charge in [0.05, 0.1) is 39.9 Å². The summed E-state index contributed by atoms with van der Waals surface area (Å²) in [4.78, 5) is 22.5. The first kappa shape index (κ1) is 33.5. The van der Waals surface area contributed by atoms with E-state index in [1.807, 2.05) is 21.1 Å². The van der Waals surface area contributed by atoms with Gasteiger partial charge in [-0.15, -0.1) is 0 Å². The number of phosphoric acid groups is 1. The molecule has 34 heavy (non-hydrogen) atoms. The highest BCUT2D eigenvalue weighted by Crippen LogP contribution is 2.43. The molecule has 0 saturated carbocycles. The van der Waals surface area contributed by atoms with E-state index in [1.54, 1.807) is 0 Å². The van der Waals surface area contributed by atoms with Crippen LogP contribution in [-0.2, 0) is 18.4 Å². The molecule has 0 aromatic rings. The standard InChI is InChI=1S/C25H53N2O6P/c1-6-8-10-12-13-14-15-17-19-25(29)26-23(24(28)18-16-11-9-7-2)22-33-34(30,31)32-21-20-27(3,4)5/h23-24,28H,6-22H2,1-5H3,(H-,26,29,30,31)/p+1. The molecule has 0 spiro atoms. The van der Waals surface area contributed by atoms with Crippen LogP contribution in [0.1, 0.15) is 104 Å². The lowest BCUT2D eigenvalue weighted by molar-refractivity contribution is -0.870. The van der Waals surface area contributed by atoms with Crippen molar-refractivity contribution in [2.45, 2.75) is 116 Å².